The van der Waals surface area contributed by atoms with Crippen LogP contribution in [0.3, 0.4) is 0 Å². The summed E-state index contributed by atoms with van der Waals surface area (Å²) >= 11 is 5.80. The Morgan fingerprint density at radius 2 is 2.71 bits per heavy atom. The van der Waals surface area contributed by atoms with E-state index in [0.29, 0.717) is 5.25 Å². The van der Waals surface area contributed by atoms with Crippen molar-refractivity contribution in [1.29, 1.82) is 0 Å². The van der Waals surface area contributed by atoms with Crippen molar-refractivity contribution in [2.75, 3.05) is 6.54 Å². The molecule has 0 amide bonds. The number of hydrogen-bond donors (Lipinski definition) is 1. The van der Waals surface area contributed by atoms with E-state index in [-0.39, 0.29) is 0 Å². The van der Waals surface area contributed by atoms with Crippen LogP contribution in [0.5, 0.6) is 0 Å². The van der Waals surface area contributed by atoms with Crippen molar-refractivity contribution in [2.45, 2.75) is 12.2 Å². The number of thiol groups is 1. The van der Waals surface area contributed by atoms with E-state index in [2.05, 4.69) is 24.5 Å². The normalized spacial score (nSPS) is 30.6. The molecule has 3 heteroatoms. The zero-order valence-corrected chi connectivity index (χ0v) is 5.80. The lowest BCUT2D eigenvalue weighted by atomic mass is 10.5. The zero-order chi connectivity index (χ0) is 5.28. The van der Waals surface area contributed by atoms with Gasteiger partial charge in [-0.2, -0.15) is 0 Å². The molecule has 0 aromatic carbocycles. The third kappa shape index (κ3) is 1.39. The maximum atomic E-state index is 4.06. The van der Waals surface area contributed by atoms with Gasteiger partial charge >= 0.3 is 0 Å². The monoisotopic (exact) mass is 133 g/mol. The van der Waals surface area contributed by atoms with Crippen LogP contribution >= 0.6 is 24.4 Å². The molecular weight excluding hydrogens is 126 g/mol. The SMILES string of the molecule is CC1CN=C(S)S1. The molecule has 1 unspecified atom stereocenters. The predicted molar refractivity (Wildman–Crippen MR) is 38.3 cm³/mol. The van der Waals surface area contributed by atoms with Crippen LogP contribution < -0.4 is 0 Å². The van der Waals surface area contributed by atoms with E-state index in [1.807, 2.05) is 0 Å². The molecule has 1 atom stereocenters. The van der Waals surface area contributed by atoms with Crippen molar-refractivity contribution in [1.82, 2.24) is 0 Å². The van der Waals surface area contributed by atoms with Gasteiger partial charge in [0, 0.05) is 5.25 Å². The first-order valence-corrected chi connectivity index (χ1v) is 3.52. The van der Waals surface area contributed by atoms with E-state index in [1.165, 1.54) is 0 Å². The molecule has 0 saturated heterocycles. The zero-order valence-electron chi connectivity index (χ0n) is 4.09. The first-order chi connectivity index (χ1) is 3.29. The summed E-state index contributed by atoms with van der Waals surface area (Å²) in [5.41, 5.74) is 0. The molecule has 0 spiro atoms. The van der Waals surface area contributed by atoms with E-state index in [4.69, 9.17) is 0 Å². The summed E-state index contributed by atoms with van der Waals surface area (Å²) in [5.74, 6) is 0. The first-order valence-electron chi connectivity index (χ1n) is 2.19. The lowest BCUT2D eigenvalue weighted by Gasteiger charge is -1.91. The summed E-state index contributed by atoms with van der Waals surface area (Å²) < 4.78 is 0.938. The van der Waals surface area contributed by atoms with Crippen LogP contribution in [0.25, 0.3) is 0 Å². The summed E-state index contributed by atoms with van der Waals surface area (Å²) in [6, 6.07) is 0. The van der Waals surface area contributed by atoms with Crippen LogP contribution in [-0.4, -0.2) is 16.2 Å². The minimum atomic E-state index is 0.660. The van der Waals surface area contributed by atoms with Gasteiger partial charge in [0.25, 0.3) is 0 Å². The first kappa shape index (κ1) is 5.51. The van der Waals surface area contributed by atoms with E-state index in [0.717, 1.165) is 10.9 Å². The molecule has 0 bridgehead atoms. The third-order valence-corrected chi connectivity index (χ3v) is 2.14. The van der Waals surface area contributed by atoms with Gasteiger partial charge in [-0.25, -0.2) is 0 Å². The fraction of sp³-hybridized carbons (Fsp3) is 0.750. The topological polar surface area (TPSA) is 12.4 Å². The van der Waals surface area contributed by atoms with Gasteiger partial charge in [0.15, 0.2) is 0 Å². The van der Waals surface area contributed by atoms with Gasteiger partial charge in [0.1, 0.15) is 4.38 Å². The maximum absolute atomic E-state index is 4.06. The third-order valence-electron chi connectivity index (χ3n) is 0.790. The van der Waals surface area contributed by atoms with E-state index < -0.39 is 0 Å². The fourth-order valence-corrected chi connectivity index (χ4v) is 1.74. The van der Waals surface area contributed by atoms with Gasteiger partial charge in [0.2, 0.25) is 0 Å². The highest BCUT2D eigenvalue weighted by atomic mass is 32.2. The average molecular weight is 133 g/mol. The molecule has 1 heterocycles. The highest BCUT2D eigenvalue weighted by Crippen LogP contribution is 2.21. The van der Waals surface area contributed by atoms with Crippen molar-refractivity contribution in [3.63, 3.8) is 0 Å². The lowest BCUT2D eigenvalue weighted by Crippen LogP contribution is -1.91. The molecular formula is C4H7NS2. The molecule has 0 saturated carbocycles. The van der Waals surface area contributed by atoms with Crippen LogP contribution in [-0.2, 0) is 0 Å². The summed E-state index contributed by atoms with van der Waals surface area (Å²) in [4.78, 5) is 4.06. The number of aliphatic imine (C=N–C) groups is 1. The Morgan fingerprint density at radius 1 is 2.00 bits per heavy atom. The fourth-order valence-electron chi connectivity index (χ4n) is 0.461. The molecule has 0 fully saturated rings. The largest absolute Gasteiger partial charge is 0.271 e. The summed E-state index contributed by atoms with van der Waals surface area (Å²) in [5, 5.41) is 0.660. The van der Waals surface area contributed by atoms with Gasteiger partial charge in [-0.3, -0.25) is 4.99 Å². The van der Waals surface area contributed by atoms with Gasteiger partial charge in [0.05, 0.1) is 6.54 Å². The van der Waals surface area contributed by atoms with Crippen molar-refractivity contribution < 1.29 is 0 Å². The number of thioether (sulfide) groups is 1. The van der Waals surface area contributed by atoms with Gasteiger partial charge in [-0.05, 0) is 0 Å². The molecule has 1 aliphatic heterocycles. The van der Waals surface area contributed by atoms with Crippen molar-refractivity contribution in [2.24, 2.45) is 4.99 Å². The Balaban J connectivity index is 2.42. The lowest BCUT2D eigenvalue weighted by molar-refractivity contribution is 0.978. The van der Waals surface area contributed by atoms with Crippen LogP contribution in [0.4, 0.5) is 0 Å². The predicted octanol–water partition coefficient (Wildman–Crippen LogP) is 1.41. The summed E-state index contributed by atoms with van der Waals surface area (Å²) in [6.07, 6.45) is 0. The van der Waals surface area contributed by atoms with E-state index in [1.54, 1.807) is 11.8 Å². The number of rotatable bonds is 0. The van der Waals surface area contributed by atoms with Crippen molar-refractivity contribution in [3.8, 4) is 0 Å². The number of nitrogens with zero attached hydrogens (tertiary/aromatic N) is 1. The molecule has 1 aliphatic rings. The Morgan fingerprint density at radius 3 is 2.86 bits per heavy atom. The van der Waals surface area contributed by atoms with E-state index >= 15 is 0 Å². The van der Waals surface area contributed by atoms with Crippen LogP contribution in [0.2, 0.25) is 0 Å². The second-order valence-corrected chi connectivity index (χ2v) is 3.71. The molecule has 0 aliphatic carbocycles. The second-order valence-electron chi connectivity index (χ2n) is 1.55. The van der Waals surface area contributed by atoms with Crippen molar-refractivity contribution in [3.05, 3.63) is 0 Å². The Kier molecular flexibility index (Phi) is 1.65. The molecule has 1 nitrogen and oxygen atoms in total. The average Bonchev–Trinajstić information content (AvgIpc) is 1.87. The summed E-state index contributed by atoms with van der Waals surface area (Å²) in [6.45, 7) is 3.10. The Hall–Kier alpha value is 0.370. The molecule has 7 heavy (non-hydrogen) atoms. The molecule has 1 rings (SSSR count). The van der Waals surface area contributed by atoms with Crippen LogP contribution in [0, 0.1) is 0 Å². The van der Waals surface area contributed by atoms with Crippen LogP contribution in [0.1, 0.15) is 6.92 Å². The minimum Gasteiger partial charge on any atom is -0.271 e. The highest BCUT2D eigenvalue weighted by molar-refractivity contribution is 8.32. The molecule has 0 radical (unpaired) electrons. The second kappa shape index (κ2) is 2.09. The number of hydrogen-bond acceptors (Lipinski definition) is 2. The van der Waals surface area contributed by atoms with Gasteiger partial charge in [-0.15, -0.1) is 12.6 Å². The standard InChI is InChI=1S/C4H7NS2/c1-3-2-5-4(6)7-3/h3H,2H2,1H3,(H,5,6). The summed E-state index contributed by atoms with van der Waals surface area (Å²) in [7, 11) is 0. The quantitative estimate of drug-likeness (QED) is 0.493. The molecule has 0 N–H and O–H groups in total. The van der Waals surface area contributed by atoms with Gasteiger partial charge < -0.3 is 0 Å². The minimum absolute atomic E-state index is 0.660. The molecule has 0 aromatic rings. The molecule has 0 aromatic heterocycles. The maximum Gasteiger partial charge on any atom is 0.121 e. The van der Waals surface area contributed by atoms with Crippen LogP contribution in [0.15, 0.2) is 4.99 Å². The molecule has 40 valence electrons. The smallest absolute Gasteiger partial charge is 0.121 e. The highest BCUT2D eigenvalue weighted by Gasteiger charge is 2.09. The van der Waals surface area contributed by atoms with E-state index in [9.17, 15) is 0 Å². The Labute approximate surface area is 53.0 Å². The van der Waals surface area contributed by atoms with Crippen molar-refractivity contribution >= 4 is 28.8 Å². The Bertz CT molecular complexity index is 99.9. The van der Waals surface area contributed by atoms with Gasteiger partial charge in [-0.1, -0.05) is 18.7 Å².